The number of nitrogens with one attached hydrogen (secondary N) is 2. The summed E-state index contributed by atoms with van der Waals surface area (Å²) in [7, 11) is 1.81. The lowest BCUT2D eigenvalue weighted by Gasteiger charge is -2.31. The molecule has 1 aliphatic heterocycles. The molecular formula is C15H30IN3OS2. The maximum absolute atomic E-state index is 10.4. The number of aliphatic hydroxyl groups is 1. The molecule has 1 heterocycles. The van der Waals surface area contributed by atoms with Gasteiger partial charge < -0.3 is 15.7 Å². The average Bonchev–Trinajstić information content (AvgIpc) is 2.91. The molecule has 2 fully saturated rings. The van der Waals surface area contributed by atoms with Crippen molar-refractivity contribution in [2.45, 2.75) is 55.9 Å². The van der Waals surface area contributed by atoms with E-state index >= 15 is 0 Å². The SMILES string of the molecule is CCSC1CCCC(NC(=NC)NCC2(O)CCSC2)C1.I. The number of guanidine groups is 1. The van der Waals surface area contributed by atoms with E-state index < -0.39 is 5.60 Å². The molecule has 22 heavy (non-hydrogen) atoms. The van der Waals surface area contributed by atoms with Crippen molar-refractivity contribution in [1.82, 2.24) is 10.6 Å². The van der Waals surface area contributed by atoms with E-state index in [9.17, 15) is 5.11 Å². The molecule has 0 spiro atoms. The summed E-state index contributed by atoms with van der Waals surface area (Å²) in [6.45, 7) is 2.84. The van der Waals surface area contributed by atoms with Crippen LogP contribution in [0.4, 0.5) is 0 Å². The molecule has 3 unspecified atom stereocenters. The minimum Gasteiger partial charge on any atom is -0.387 e. The van der Waals surface area contributed by atoms with Gasteiger partial charge in [-0.25, -0.2) is 0 Å². The Kier molecular flexibility index (Phi) is 9.89. The van der Waals surface area contributed by atoms with Crippen LogP contribution in [-0.2, 0) is 0 Å². The first kappa shape index (κ1) is 20.7. The van der Waals surface area contributed by atoms with E-state index in [4.69, 9.17) is 0 Å². The molecule has 1 saturated carbocycles. The highest BCUT2D eigenvalue weighted by molar-refractivity contribution is 14.0. The Hall–Kier alpha value is 0.660. The van der Waals surface area contributed by atoms with E-state index in [1.807, 2.05) is 18.8 Å². The number of rotatable bonds is 5. The quantitative estimate of drug-likeness (QED) is 0.335. The molecule has 4 nitrogen and oxygen atoms in total. The summed E-state index contributed by atoms with van der Waals surface area (Å²) in [5.74, 6) is 3.93. The number of hydrogen-bond acceptors (Lipinski definition) is 4. The minimum absolute atomic E-state index is 0. The van der Waals surface area contributed by atoms with Gasteiger partial charge in [0.25, 0.3) is 0 Å². The molecule has 0 aromatic heterocycles. The molecule has 0 amide bonds. The van der Waals surface area contributed by atoms with Crippen LogP contribution in [0.1, 0.15) is 39.0 Å². The Morgan fingerprint density at radius 2 is 2.27 bits per heavy atom. The van der Waals surface area contributed by atoms with Gasteiger partial charge in [0, 0.05) is 30.6 Å². The number of nitrogens with zero attached hydrogens (tertiary/aromatic N) is 1. The topological polar surface area (TPSA) is 56.7 Å². The van der Waals surface area contributed by atoms with E-state index in [2.05, 4.69) is 34.3 Å². The monoisotopic (exact) mass is 459 g/mol. The molecule has 3 N–H and O–H groups in total. The van der Waals surface area contributed by atoms with Crippen LogP contribution in [-0.4, -0.2) is 58.8 Å². The van der Waals surface area contributed by atoms with Gasteiger partial charge in [0.05, 0.1) is 5.60 Å². The molecule has 0 radical (unpaired) electrons. The predicted octanol–water partition coefficient (Wildman–Crippen LogP) is 2.70. The fourth-order valence-electron chi connectivity index (χ4n) is 3.04. The average molecular weight is 459 g/mol. The van der Waals surface area contributed by atoms with Gasteiger partial charge in [-0.15, -0.1) is 24.0 Å². The normalized spacial score (nSPS) is 32.4. The lowest BCUT2D eigenvalue weighted by Crippen LogP contribution is -2.50. The Morgan fingerprint density at radius 3 is 2.91 bits per heavy atom. The molecule has 0 aromatic carbocycles. The summed E-state index contributed by atoms with van der Waals surface area (Å²) in [4.78, 5) is 4.31. The van der Waals surface area contributed by atoms with Crippen molar-refractivity contribution in [1.29, 1.82) is 0 Å². The Bertz CT molecular complexity index is 350. The van der Waals surface area contributed by atoms with Crippen molar-refractivity contribution >= 4 is 53.5 Å². The maximum Gasteiger partial charge on any atom is 0.191 e. The van der Waals surface area contributed by atoms with Crippen molar-refractivity contribution in [3.05, 3.63) is 0 Å². The first-order valence-electron chi connectivity index (χ1n) is 8.04. The van der Waals surface area contributed by atoms with E-state index in [1.165, 1.54) is 31.4 Å². The summed E-state index contributed by atoms with van der Waals surface area (Å²) >= 11 is 3.91. The number of halogens is 1. The zero-order valence-corrected chi connectivity index (χ0v) is 17.6. The molecule has 1 aliphatic carbocycles. The van der Waals surface area contributed by atoms with Crippen molar-refractivity contribution in [3.8, 4) is 0 Å². The van der Waals surface area contributed by atoms with Crippen molar-refractivity contribution in [2.24, 2.45) is 4.99 Å². The Balaban J connectivity index is 0.00000242. The van der Waals surface area contributed by atoms with Gasteiger partial charge in [0.1, 0.15) is 0 Å². The lowest BCUT2D eigenvalue weighted by molar-refractivity contribution is 0.0723. The van der Waals surface area contributed by atoms with Gasteiger partial charge in [-0.05, 0) is 37.2 Å². The van der Waals surface area contributed by atoms with Crippen LogP contribution in [0.2, 0.25) is 0 Å². The zero-order chi connectivity index (χ0) is 15.1. The van der Waals surface area contributed by atoms with Crippen molar-refractivity contribution in [3.63, 3.8) is 0 Å². The second-order valence-corrected chi connectivity index (χ2v) is 8.72. The lowest BCUT2D eigenvalue weighted by atomic mass is 9.95. The molecule has 0 aromatic rings. The van der Waals surface area contributed by atoms with Crippen molar-refractivity contribution < 1.29 is 5.11 Å². The van der Waals surface area contributed by atoms with E-state index in [-0.39, 0.29) is 24.0 Å². The van der Waals surface area contributed by atoms with Gasteiger partial charge in [-0.3, -0.25) is 4.99 Å². The molecule has 3 atom stereocenters. The summed E-state index contributed by atoms with van der Waals surface area (Å²) in [5, 5.41) is 18.0. The fraction of sp³-hybridized carbons (Fsp3) is 0.933. The van der Waals surface area contributed by atoms with Gasteiger partial charge >= 0.3 is 0 Å². The number of aliphatic imine (C=N–C) groups is 1. The molecule has 2 rings (SSSR count). The van der Waals surface area contributed by atoms with Gasteiger partial charge in [0.15, 0.2) is 5.96 Å². The molecule has 130 valence electrons. The molecule has 7 heteroatoms. The third kappa shape index (κ3) is 6.65. The second-order valence-electron chi connectivity index (χ2n) is 6.04. The summed E-state index contributed by atoms with van der Waals surface area (Å²) in [6.07, 6.45) is 5.97. The third-order valence-corrected chi connectivity index (χ3v) is 6.73. The molecular weight excluding hydrogens is 429 g/mol. The largest absolute Gasteiger partial charge is 0.387 e. The highest BCUT2D eigenvalue weighted by atomic mass is 127. The fourth-order valence-corrected chi connectivity index (χ4v) is 5.50. The van der Waals surface area contributed by atoms with E-state index in [1.54, 1.807) is 0 Å². The first-order chi connectivity index (χ1) is 10.1. The van der Waals surface area contributed by atoms with Crippen LogP contribution in [0, 0.1) is 0 Å². The van der Waals surface area contributed by atoms with Crippen LogP contribution in [0.3, 0.4) is 0 Å². The van der Waals surface area contributed by atoms with Crippen LogP contribution < -0.4 is 10.6 Å². The summed E-state index contributed by atoms with van der Waals surface area (Å²) < 4.78 is 0. The minimum atomic E-state index is -0.560. The molecule has 1 saturated heterocycles. The van der Waals surface area contributed by atoms with Crippen LogP contribution in [0.15, 0.2) is 4.99 Å². The standard InChI is InChI=1S/C15H29N3OS2.HI/c1-3-21-13-6-4-5-12(9-13)18-14(16-2)17-10-15(19)7-8-20-11-15;/h12-13,19H,3-11H2,1-2H3,(H2,16,17,18);1H. The highest BCUT2D eigenvalue weighted by Crippen LogP contribution is 2.29. The number of hydrogen-bond donors (Lipinski definition) is 3. The van der Waals surface area contributed by atoms with Gasteiger partial charge in [-0.2, -0.15) is 23.5 Å². The van der Waals surface area contributed by atoms with Crippen molar-refractivity contribution in [2.75, 3.05) is 30.9 Å². The van der Waals surface area contributed by atoms with Crippen LogP contribution in [0.5, 0.6) is 0 Å². The van der Waals surface area contributed by atoms with E-state index in [0.717, 1.165) is 29.1 Å². The van der Waals surface area contributed by atoms with Crippen LogP contribution >= 0.6 is 47.5 Å². The van der Waals surface area contributed by atoms with Gasteiger partial charge in [0.2, 0.25) is 0 Å². The zero-order valence-electron chi connectivity index (χ0n) is 13.6. The third-order valence-electron chi connectivity index (χ3n) is 4.26. The molecule has 0 bridgehead atoms. The summed E-state index contributed by atoms with van der Waals surface area (Å²) in [6, 6.07) is 0.515. The number of thioether (sulfide) groups is 2. The van der Waals surface area contributed by atoms with Gasteiger partial charge in [-0.1, -0.05) is 13.3 Å². The van der Waals surface area contributed by atoms with Crippen LogP contribution in [0.25, 0.3) is 0 Å². The predicted molar refractivity (Wildman–Crippen MR) is 111 cm³/mol. The highest BCUT2D eigenvalue weighted by Gasteiger charge is 2.32. The Morgan fingerprint density at radius 1 is 1.45 bits per heavy atom. The first-order valence-corrected chi connectivity index (χ1v) is 10.2. The second kappa shape index (κ2) is 10.5. The molecule has 2 aliphatic rings. The van der Waals surface area contributed by atoms with E-state index in [0.29, 0.717) is 12.6 Å². The summed E-state index contributed by atoms with van der Waals surface area (Å²) in [5.41, 5.74) is -0.560. The smallest absolute Gasteiger partial charge is 0.191 e. The maximum atomic E-state index is 10.4. The Labute approximate surface area is 160 Å².